The third-order valence-electron chi connectivity index (χ3n) is 6.39. The third kappa shape index (κ3) is 6.43. The van der Waals surface area contributed by atoms with Gasteiger partial charge in [0, 0.05) is 37.8 Å². The minimum atomic E-state index is -1.62. The summed E-state index contributed by atoms with van der Waals surface area (Å²) >= 11 is -1.62. The lowest BCUT2D eigenvalue weighted by Crippen LogP contribution is -2.38. The van der Waals surface area contributed by atoms with Crippen molar-refractivity contribution in [2.75, 3.05) is 31.2 Å². The van der Waals surface area contributed by atoms with Crippen molar-refractivity contribution in [1.82, 2.24) is 20.1 Å². The molecule has 2 fully saturated rings. The molecule has 1 aromatic carbocycles. The molecule has 0 aliphatic carbocycles. The van der Waals surface area contributed by atoms with Gasteiger partial charge in [0.15, 0.2) is 5.82 Å². The van der Waals surface area contributed by atoms with Crippen LogP contribution in [0.15, 0.2) is 35.1 Å². The molecule has 2 aliphatic heterocycles. The van der Waals surface area contributed by atoms with Gasteiger partial charge in [-0.2, -0.15) is 9.19 Å². The van der Waals surface area contributed by atoms with Gasteiger partial charge in [0.05, 0.1) is 18.8 Å². The maximum Gasteiger partial charge on any atom is 0.324 e. The Morgan fingerprint density at radius 1 is 1.08 bits per heavy atom. The summed E-state index contributed by atoms with van der Waals surface area (Å²) in [5.74, 6) is 2.77. The fraction of sp³-hybridized carbons (Fsp3) is 0.520. The first-order chi connectivity index (χ1) is 17.9. The van der Waals surface area contributed by atoms with Gasteiger partial charge in [-0.25, -0.2) is 9.97 Å². The molecule has 0 bridgehead atoms. The molecule has 11 nitrogen and oxygen atoms in total. The summed E-state index contributed by atoms with van der Waals surface area (Å²) < 4.78 is 39.0. The van der Waals surface area contributed by atoms with Crippen LogP contribution in [-0.4, -0.2) is 56.7 Å². The Hall–Kier alpha value is -3.09. The molecule has 0 radical (unpaired) electrons. The summed E-state index contributed by atoms with van der Waals surface area (Å²) in [7, 11) is 0. The Labute approximate surface area is 218 Å². The van der Waals surface area contributed by atoms with E-state index in [1.807, 2.05) is 45.0 Å². The highest BCUT2D eigenvalue weighted by molar-refractivity contribution is 7.75. The topological polar surface area (TPSA) is 122 Å². The number of nitrogens with zero attached hydrogens (tertiary/aromatic N) is 5. The van der Waals surface area contributed by atoms with Crippen LogP contribution in [-0.2, 0) is 26.1 Å². The molecule has 0 unspecified atom stereocenters. The molecule has 5 rings (SSSR count). The van der Waals surface area contributed by atoms with E-state index in [1.165, 1.54) is 6.33 Å². The van der Waals surface area contributed by atoms with E-state index in [4.69, 9.17) is 22.4 Å². The van der Waals surface area contributed by atoms with Crippen molar-refractivity contribution in [1.29, 1.82) is 0 Å². The normalized spacial score (nSPS) is 20.8. The first-order valence-electron chi connectivity index (χ1n) is 12.5. The molecule has 3 aromatic rings. The summed E-state index contributed by atoms with van der Waals surface area (Å²) in [5, 5.41) is 4.06. The lowest BCUT2D eigenvalue weighted by atomic mass is 10.0. The molecule has 0 atom stereocenters. The Bertz CT molecular complexity index is 1200. The van der Waals surface area contributed by atoms with E-state index in [-0.39, 0.29) is 17.9 Å². The van der Waals surface area contributed by atoms with Crippen molar-refractivity contribution in [2.45, 2.75) is 52.1 Å². The van der Waals surface area contributed by atoms with E-state index in [9.17, 15) is 4.21 Å². The number of hydrogen-bond donors (Lipinski definition) is 0. The minimum absolute atomic E-state index is 0.0228. The molecular formula is C25H31N5O6S. The summed E-state index contributed by atoms with van der Waals surface area (Å²) in [4.78, 5) is 15.2. The van der Waals surface area contributed by atoms with Crippen molar-refractivity contribution >= 4 is 17.4 Å². The average Bonchev–Trinajstić information content (AvgIpc) is 3.40. The zero-order valence-corrected chi connectivity index (χ0v) is 22.0. The molecule has 0 N–H and O–H groups in total. The second kappa shape index (κ2) is 11.5. The van der Waals surface area contributed by atoms with E-state index in [1.54, 1.807) is 0 Å². The SMILES string of the molecule is Cc1c(Oc2ccc(C[C@H]3CO[S@](=O)OC3)cc2)ncnc1OC1CCN(c2nc(C(C)C)no2)CC1. The summed E-state index contributed by atoms with van der Waals surface area (Å²) in [5.41, 5.74) is 1.87. The van der Waals surface area contributed by atoms with Gasteiger partial charge in [-0.3, -0.25) is 8.37 Å². The lowest BCUT2D eigenvalue weighted by Gasteiger charge is -2.30. The maximum atomic E-state index is 11.1. The highest BCUT2D eigenvalue weighted by atomic mass is 32.2. The molecule has 12 heteroatoms. The first kappa shape index (κ1) is 25.6. The fourth-order valence-electron chi connectivity index (χ4n) is 4.19. The smallest absolute Gasteiger partial charge is 0.324 e. The van der Waals surface area contributed by atoms with E-state index in [2.05, 4.69) is 25.0 Å². The van der Waals surface area contributed by atoms with Gasteiger partial charge in [-0.05, 0) is 31.0 Å². The largest absolute Gasteiger partial charge is 0.474 e. The van der Waals surface area contributed by atoms with Gasteiger partial charge in [0.2, 0.25) is 11.8 Å². The highest BCUT2D eigenvalue weighted by Gasteiger charge is 2.26. The van der Waals surface area contributed by atoms with Crippen LogP contribution in [0.5, 0.6) is 17.5 Å². The predicted octanol–water partition coefficient (Wildman–Crippen LogP) is 3.92. The van der Waals surface area contributed by atoms with Crippen LogP contribution >= 0.6 is 0 Å². The molecule has 198 valence electrons. The zero-order valence-electron chi connectivity index (χ0n) is 21.2. The Kier molecular flexibility index (Phi) is 7.96. The van der Waals surface area contributed by atoms with Crippen LogP contribution in [0, 0.1) is 12.8 Å². The summed E-state index contributed by atoms with van der Waals surface area (Å²) in [6.07, 6.45) is 3.88. The van der Waals surface area contributed by atoms with Gasteiger partial charge in [0.1, 0.15) is 18.2 Å². The second-order valence-electron chi connectivity index (χ2n) is 9.59. The van der Waals surface area contributed by atoms with E-state index < -0.39 is 11.4 Å². The quantitative estimate of drug-likeness (QED) is 0.422. The summed E-state index contributed by atoms with van der Waals surface area (Å²) in [6, 6.07) is 8.36. The second-order valence-corrected chi connectivity index (χ2v) is 10.5. The molecule has 0 amide bonds. The lowest BCUT2D eigenvalue weighted by molar-refractivity contribution is 0.124. The van der Waals surface area contributed by atoms with Crippen LogP contribution in [0.4, 0.5) is 6.01 Å². The van der Waals surface area contributed by atoms with E-state index in [0.717, 1.165) is 49.3 Å². The van der Waals surface area contributed by atoms with Gasteiger partial charge in [-0.1, -0.05) is 31.1 Å². The van der Waals surface area contributed by atoms with Crippen LogP contribution < -0.4 is 14.4 Å². The number of piperidine rings is 1. The van der Waals surface area contributed by atoms with Crippen LogP contribution in [0.25, 0.3) is 0 Å². The maximum absolute atomic E-state index is 11.1. The van der Waals surface area contributed by atoms with Crippen molar-refractivity contribution in [2.24, 2.45) is 5.92 Å². The molecular weight excluding hydrogens is 498 g/mol. The monoisotopic (exact) mass is 529 g/mol. The standard InChI is InChI=1S/C25H31N5O6S/c1-16(2)22-28-25(36-29-22)30-10-8-21(9-11-30)35-24-17(3)23(26-15-27-24)34-20-6-4-18(5-7-20)12-19-13-32-37(31)33-14-19/h4-7,15-16,19,21H,8-14H2,1-3H3/t19-,37-. The fourth-order valence-corrected chi connectivity index (χ4v) is 4.87. The minimum Gasteiger partial charge on any atom is -0.474 e. The molecule has 0 spiro atoms. The van der Waals surface area contributed by atoms with Crippen LogP contribution in [0.3, 0.4) is 0 Å². The predicted molar refractivity (Wildman–Crippen MR) is 135 cm³/mol. The summed E-state index contributed by atoms with van der Waals surface area (Å²) in [6.45, 7) is 8.35. The van der Waals surface area contributed by atoms with Crippen molar-refractivity contribution in [3.05, 3.63) is 47.5 Å². The van der Waals surface area contributed by atoms with Gasteiger partial charge < -0.3 is 18.9 Å². The molecule has 0 saturated carbocycles. The average molecular weight is 530 g/mol. The number of rotatable bonds is 8. The molecule has 2 saturated heterocycles. The molecule has 2 aromatic heterocycles. The van der Waals surface area contributed by atoms with Crippen LogP contribution in [0.1, 0.15) is 49.6 Å². The highest BCUT2D eigenvalue weighted by Crippen LogP contribution is 2.30. The number of anilines is 1. The van der Waals surface area contributed by atoms with Gasteiger partial charge in [-0.15, -0.1) is 0 Å². The molecule has 4 heterocycles. The number of ether oxygens (including phenoxy) is 2. The van der Waals surface area contributed by atoms with Crippen molar-refractivity contribution in [3.8, 4) is 17.5 Å². The van der Waals surface area contributed by atoms with E-state index >= 15 is 0 Å². The number of benzene rings is 1. The number of hydrogen-bond acceptors (Lipinski definition) is 11. The molecule has 2 aliphatic rings. The molecule has 37 heavy (non-hydrogen) atoms. The van der Waals surface area contributed by atoms with Gasteiger partial charge >= 0.3 is 17.4 Å². The Balaban J connectivity index is 1.15. The first-order valence-corrected chi connectivity index (χ1v) is 13.5. The Morgan fingerprint density at radius 2 is 1.78 bits per heavy atom. The van der Waals surface area contributed by atoms with Crippen molar-refractivity contribution < 1.29 is 26.6 Å². The van der Waals surface area contributed by atoms with Gasteiger partial charge in [0.25, 0.3) is 0 Å². The third-order valence-corrected chi connectivity index (χ3v) is 7.05. The Morgan fingerprint density at radius 3 is 2.46 bits per heavy atom. The van der Waals surface area contributed by atoms with Crippen molar-refractivity contribution in [3.63, 3.8) is 0 Å². The number of aromatic nitrogens is 4. The van der Waals surface area contributed by atoms with Crippen LogP contribution in [0.2, 0.25) is 0 Å². The van der Waals surface area contributed by atoms with E-state index in [0.29, 0.717) is 36.7 Å². The zero-order chi connectivity index (χ0) is 25.8.